The standard InChI is InChI=1S/C15H15N5O2S/c1-10(21)17-12-2-4-13(5-3-12)18-15(23)20-19-14(22)11-6-8-16-9-7-11/h2-9H,1H3,(H,17,21)(H,19,22)(H2,18,20,23). The molecule has 7 nitrogen and oxygen atoms in total. The molecule has 2 amide bonds. The zero-order valence-corrected chi connectivity index (χ0v) is 13.1. The van der Waals surface area contributed by atoms with Gasteiger partial charge < -0.3 is 10.6 Å². The second kappa shape index (κ2) is 7.85. The first-order valence-corrected chi connectivity index (χ1v) is 7.10. The van der Waals surface area contributed by atoms with Crippen molar-refractivity contribution in [2.24, 2.45) is 0 Å². The van der Waals surface area contributed by atoms with Crippen molar-refractivity contribution in [3.8, 4) is 0 Å². The molecule has 23 heavy (non-hydrogen) atoms. The largest absolute Gasteiger partial charge is 0.331 e. The van der Waals surface area contributed by atoms with Crippen LogP contribution >= 0.6 is 12.2 Å². The number of amides is 2. The molecule has 8 heteroatoms. The second-order valence-corrected chi connectivity index (χ2v) is 4.94. The molecule has 1 aromatic carbocycles. The number of benzene rings is 1. The Morgan fingerprint density at radius 1 is 0.913 bits per heavy atom. The zero-order valence-electron chi connectivity index (χ0n) is 12.3. The van der Waals surface area contributed by atoms with Gasteiger partial charge in [-0.3, -0.25) is 25.4 Å². The van der Waals surface area contributed by atoms with Crippen LogP contribution in [-0.4, -0.2) is 21.9 Å². The van der Waals surface area contributed by atoms with Crippen molar-refractivity contribution < 1.29 is 9.59 Å². The lowest BCUT2D eigenvalue weighted by Gasteiger charge is -2.12. The van der Waals surface area contributed by atoms with E-state index in [-0.39, 0.29) is 16.9 Å². The molecule has 0 aliphatic heterocycles. The normalized spacial score (nSPS) is 9.61. The van der Waals surface area contributed by atoms with Gasteiger partial charge in [-0.05, 0) is 48.6 Å². The quantitative estimate of drug-likeness (QED) is 0.505. The van der Waals surface area contributed by atoms with E-state index >= 15 is 0 Å². The van der Waals surface area contributed by atoms with E-state index in [2.05, 4.69) is 26.5 Å². The van der Waals surface area contributed by atoms with Crippen molar-refractivity contribution in [3.05, 3.63) is 54.4 Å². The summed E-state index contributed by atoms with van der Waals surface area (Å²) in [5.41, 5.74) is 6.96. The van der Waals surface area contributed by atoms with Crippen LogP contribution in [0.2, 0.25) is 0 Å². The number of anilines is 2. The van der Waals surface area contributed by atoms with Gasteiger partial charge in [-0.1, -0.05) is 0 Å². The van der Waals surface area contributed by atoms with Crippen molar-refractivity contribution in [2.45, 2.75) is 6.92 Å². The van der Waals surface area contributed by atoms with Gasteiger partial charge in [-0.15, -0.1) is 0 Å². The number of nitrogens with zero attached hydrogens (tertiary/aromatic N) is 1. The van der Waals surface area contributed by atoms with E-state index in [1.807, 2.05) is 0 Å². The van der Waals surface area contributed by atoms with Crippen molar-refractivity contribution >= 4 is 40.5 Å². The molecule has 118 valence electrons. The first-order chi connectivity index (χ1) is 11.0. The highest BCUT2D eigenvalue weighted by molar-refractivity contribution is 7.80. The summed E-state index contributed by atoms with van der Waals surface area (Å²) < 4.78 is 0. The third-order valence-electron chi connectivity index (χ3n) is 2.70. The van der Waals surface area contributed by atoms with E-state index in [0.29, 0.717) is 11.3 Å². The van der Waals surface area contributed by atoms with Gasteiger partial charge in [0.1, 0.15) is 0 Å². The summed E-state index contributed by atoms with van der Waals surface area (Å²) in [5.74, 6) is -0.459. The Hall–Kier alpha value is -3.00. The average Bonchev–Trinajstić information content (AvgIpc) is 2.55. The monoisotopic (exact) mass is 329 g/mol. The number of hydrogen-bond acceptors (Lipinski definition) is 4. The molecule has 0 bridgehead atoms. The number of thiocarbonyl (C=S) groups is 1. The van der Waals surface area contributed by atoms with Crippen LogP contribution in [0.25, 0.3) is 0 Å². The van der Waals surface area contributed by atoms with Crippen LogP contribution in [0.3, 0.4) is 0 Å². The maximum Gasteiger partial charge on any atom is 0.269 e. The fourth-order valence-electron chi connectivity index (χ4n) is 1.69. The van der Waals surface area contributed by atoms with Crippen LogP contribution in [-0.2, 0) is 4.79 Å². The highest BCUT2D eigenvalue weighted by Crippen LogP contribution is 2.13. The highest BCUT2D eigenvalue weighted by Gasteiger charge is 2.05. The van der Waals surface area contributed by atoms with E-state index in [9.17, 15) is 9.59 Å². The Bertz CT molecular complexity index is 704. The third kappa shape index (κ3) is 5.36. The Balaban J connectivity index is 1.83. The molecule has 0 atom stereocenters. The van der Waals surface area contributed by atoms with Crippen LogP contribution in [0.1, 0.15) is 17.3 Å². The first kappa shape index (κ1) is 16.4. The molecule has 0 fully saturated rings. The number of rotatable bonds is 3. The second-order valence-electron chi connectivity index (χ2n) is 4.53. The lowest BCUT2D eigenvalue weighted by molar-refractivity contribution is -0.114. The Morgan fingerprint density at radius 3 is 2.04 bits per heavy atom. The predicted octanol–water partition coefficient (Wildman–Crippen LogP) is 1.67. The van der Waals surface area contributed by atoms with Crippen molar-refractivity contribution in [1.29, 1.82) is 0 Å². The van der Waals surface area contributed by atoms with Crippen LogP contribution < -0.4 is 21.5 Å². The Morgan fingerprint density at radius 2 is 1.48 bits per heavy atom. The van der Waals surface area contributed by atoms with E-state index in [4.69, 9.17) is 12.2 Å². The Labute approximate surface area is 138 Å². The van der Waals surface area contributed by atoms with E-state index in [1.54, 1.807) is 36.4 Å². The smallest absolute Gasteiger partial charge is 0.269 e. The van der Waals surface area contributed by atoms with Gasteiger partial charge in [0.25, 0.3) is 5.91 Å². The average molecular weight is 329 g/mol. The topological polar surface area (TPSA) is 95.1 Å². The summed E-state index contributed by atoms with van der Waals surface area (Å²) in [5, 5.41) is 5.81. The van der Waals surface area contributed by atoms with E-state index < -0.39 is 0 Å². The number of carbonyl (C=O) groups excluding carboxylic acids is 2. The molecule has 0 saturated heterocycles. The molecule has 0 saturated carbocycles. The van der Waals surface area contributed by atoms with Gasteiger partial charge in [0.15, 0.2) is 5.11 Å². The van der Waals surface area contributed by atoms with Gasteiger partial charge in [0.05, 0.1) is 0 Å². The number of pyridine rings is 1. The number of carbonyl (C=O) groups is 2. The van der Waals surface area contributed by atoms with Crippen LogP contribution in [0, 0.1) is 0 Å². The molecule has 1 aromatic heterocycles. The molecule has 0 spiro atoms. The molecule has 2 rings (SSSR count). The fourth-order valence-corrected chi connectivity index (χ4v) is 1.86. The lowest BCUT2D eigenvalue weighted by atomic mass is 10.2. The number of hydrazine groups is 1. The molecule has 0 aliphatic carbocycles. The van der Waals surface area contributed by atoms with Gasteiger partial charge >= 0.3 is 0 Å². The van der Waals surface area contributed by atoms with Gasteiger partial charge in [0, 0.05) is 36.3 Å². The molecular formula is C15H15N5O2S. The summed E-state index contributed by atoms with van der Waals surface area (Å²) in [7, 11) is 0. The molecule has 0 radical (unpaired) electrons. The summed E-state index contributed by atoms with van der Waals surface area (Å²) in [6.07, 6.45) is 3.06. The molecule has 4 N–H and O–H groups in total. The fraction of sp³-hybridized carbons (Fsp3) is 0.0667. The SMILES string of the molecule is CC(=O)Nc1ccc(NC(=S)NNC(=O)c2ccncc2)cc1. The van der Waals surface area contributed by atoms with Gasteiger partial charge in [0.2, 0.25) is 5.91 Å². The van der Waals surface area contributed by atoms with Crippen molar-refractivity contribution in [1.82, 2.24) is 15.8 Å². The van der Waals surface area contributed by atoms with E-state index in [0.717, 1.165) is 5.69 Å². The minimum atomic E-state index is -0.322. The summed E-state index contributed by atoms with van der Waals surface area (Å²) in [4.78, 5) is 26.6. The first-order valence-electron chi connectivity index (χ1n) is 6.69. The molecule has 1 heterocycles. The molecule has 0 unspecified atom stereocenters. The van der Waals surface area contributed by atoms with E-state index in [1.165, 1.54) is 19.3 Å². The summed E-state index contributed by atoms with van der Waals surface area (Å²) in [6, 6.07) is 10.2. The maximum absolute atomic E-state index is 11.8. The third-order valence-corrected chi connectivity index (χ3v) is 2.90. The highest BCUT2D eigenvalue weighted by atomic mass is 32.1. The number of aromatic nitrogens is 1. The summed E-state index contributed by atoms with van der Waals surface area (Å²) >= 11 is 5.09. The molecule has 2 aromatic rings. The molecule has 0 aliphatic rings. The van der Waals surface area contributed by atoms with Gasteiger partial charge in [-0.2, -0.15) is 0 Å². The summed E-state index contributed by atoms with van der Waals surface area (Å²) in [6.45, 7) is 1.44. The van der Waals surface area contributed by atoms with Crippen molar-refractivity contribution in [2.75, 3.05) is 10.6 Å². The van der Waals surface area contributed by atoms with Crippen LogP contribution in [0.15, 0.2) is 48.8 Å². The minimum absolute atomic E-state index is 0.137. The number of nitrogens with one attached hydrogen (secondary N) is 4. The van der Waals surface area contributed by atoms with Crippen LogP contribution in [0.4, 0.5) is 11.4 Å². The lowest BCUT2D eigenvalue weighted by Crippen LogP contribution is -2.43. The van der Waals surface area contributed by atoms with Crippen LogP contribution in [0.5, 0.6) is 0 Å². The van der Waals surface area contributed by atoms with Crippen molar-refractivity contribution in [3.63, 3.8) is 0 Å². The minimum Gasteiger partial charge on any atom is -0.331 e. The van der Waals surface area contributed by atoms with Gasteiger partial charge in [-0.25, -0.2) is 0 Å². The number of hydrogen-bond donors (Lipinski definition) is 4. The maximum atomic E-state index is 11.8. The Kier molecular flexibility index (Phi) is 5.59. The predicted molar refractivity (Wildman–Crippen MR) is 91.8 cm³/mol. The zero-order chi connectivity index (χ0) is 16.7. The molecular weight excluding hydrogens is 314 g/mol.